The molecule has 1 aromatic carbocycles. The monoisotopic (exact) mass is 263 g/mol. The predicted octanol–water partition coefficient (Wildman–Crippen LogP) is 3.84. The second-order valence-corrected chi connectivity index (χ2v) is 5.50. The van der Waals surface area contributed by atoms with Crippen LogP contribution in [0.4, 0.5) is 0 Å². The van der Waals surface area contributed by atoms with Crippen molar-refractivity contribution in [3.05, 3.63) is 35.6 Å². The SMILES string of the molecule is CCc1oc2ccccc2c1CNC(C)CSC. The molecule has 0 bridgehead atoms. The molecule has 0 aliphatic rings. The molecule has 1 N–H and O–H groups in total. The van der Waals surface area contributed by atoms with E-state index in [-0.39, 0.29) is 0 Å². The fourth-order valence-corrected chi connectivity index (χ4v) is 2.83. The molecule has 3 heteroatoms. The third kappa shape index (κ3) is 2.90. The highest BCUT2D eigenvalue weighted by Crippen LogP contribution is 2.26. The first kappa shape index (κ1) is 13.5. The average Bonchev–Trinajstić information content (AvgIpc) is 2.74. The van der Waals surface area contributed by atoms with Gasteiger partial charge in [-0.2, -0.15) is 11.8 Å². The topological polar surface area (TPSA) is 25.2 Å². The number of furan rings is 1. The first-order valence-electron chi connectivity index (χ1n) is 6.47. The minimum absolute atomic E-state index is 0.526. The highest BCUT2D eigenvalue weighted by atomic mass is 32.2. The molecule has 2 nitrogen and oxygen atoms in total. The number of hydrogen-bond donors (Lipinski definition) is 1. The van der Waals surface area contributed by atoms with Gasteiger partial charge in [-0.15, -0.1) is 0 Å². The third-order valence-electron chi connectivity index (χ3n) is 3.15. The molecule has 0 saturated heterocycles. The average molecular weight is 263 g/mol. The molecule has 0 saturated carbocycles. The fraction of sp³-hybridized carbons (Fsp3) is 0.467. The molecule has 1 aromatic heterocycles. The van der Waals surface area contributed by atoms with E-state index in [2.05, 4.69) is 37.6 Å². The Hall–Kier alpha value is -0.930. The third-order valence-corrected chi connectivity index (χ3v) is 3.98. The maximum atomic E-state index is 5.90. The van der Waals surface area contributed by atoms with Crippen LogP contribution in [0.25, 0.3) is 11.0 Å². The van der Waals surface area contributed by atoms with Crippen LogP contribution in [0.3, 0.4) is 0 Å². The number of thioether (sulfide) groups is 1. The van der Waals surface area contributed by atoms with Gasteiger partial charge in [0.2, 0.25) is 0 Å². The molecule has 2 rings (SSSR count). The van der Waals surface area contributed by atoms with Gasteiger partial charge in [0.05, 0.1) is 0 Å². The first-order chi connectivity index (χ1) is 8.76. The Balaban J connectivity index is 2.20. The van der Waals surface area contributed by atoms with E-state index in [1.807, 2.05) is 23.9 Å². The summed E-state index contributed by atoms with van der Waals surface area (Å²) in [5.41, 5.74) is 2.32. The van der Waals surface area contributed by atoms with Crippen LogP contribution >= 0.6 is 11.8 Å². The summed E-state index contributed by atoms with van der Waals surface area (Å²) in [4.78, 5) is 0. The number of fused-ring (bicyclic) bond motifs is 1. The summed E-state index contributed by atoms with van der Waals surface area (Å²) in [5.74, 6) is 2.25. The Bertz CT molecular complexity index is 506. The fourth-order valence-electron chi connectivity index (χ4n) is 2.21. The number of para-hydroxylation sites is 1. The molecular formula is C15H21NOS. The first-order valence-corrected chi connectivity index (χ1v) is 7.87. The highest BCUT2D eigenvalue weighted by molar-refractivity contribution is 7.98. The zero-order valence-electron chi connectivity index (χ0n) is 11.3. The molecule has 0 fully saturated rings. The smallest absolute Gasteiger partial charge is 0.134 e. The van der Waals surface area contributed by atoms with E-state index >= 15 is 0 Å². The lowest BCUT2D eigenvalue weighted by atomic mass is 10.1. The number of benzene rings is 1. The van der Waals surface area contributed by atoms with Gasteiger partial charge in [-0.1, -0.05) is 25.1 Å². The zero-order chi connectivity index (χ0) is 13.0. The van der Waals surface area contributed by atoms with Gasteiger partial charge in [-0.25, -0.2) is 0 Å². The van der Waals surface area contributed by atoms with Crippen molar-refractivity contribution in [3.8, 4) is 0 Å². The molecule has 0 aliphatic carbocycles. The molecule has 0 radical (unpaired) electrons. The largest absolute Gasteiger partial charge is 0.461 e. The van der Waals surface area contributed by atoms with Crippen molar-refractivity contribution < 1.29 is 4.42 Å². The van der Waals surface area contributed by atoms with E-state index in [0.29, 0.717) is 6.04 Å². The lowest BCUT2D eigenvalue weighted by Gasteiger charge is -2.12. The minimum Gasteiger partial charge on any atom is -0.461 e. The minimum atomic E-state index is 0.526. The quantitative estimate of drug-likeness (QED) is 0.857. The van der Waals surface area contributed by atoms with Crippen LogP contribution in [-0.2, 0) is 13.0 Å². The van der Waals surface area contributed by atoms with Gasteiger partial charge in [0.1, 0.15) is 11.3 Å². The van der Waals surface area contributed by atoms with Crippen LogP contribution in [0.2, 0.25) is 0 Å². The van der Waals surface area contributed by atoms with Gasteiger partial charge in [0, 0.05) is 35.7 Å². The Morgan fingerprint density at radius 1 is 1.33 bits per heavy atom. The molecule has 1 heterocycles. The predicted molar refractivity (Wildman–Crippen MR) is 80.3 cm³/mol. The van der Waals surface area contributed by atoms with Crippen LogP contribution in [0.5, 0.6) is 0 Å². The van der Waals surface area contributed by atoms with Crippen LogP contribution < -0.4 is 5.32 Å². The van der Waals surface area contributed by atoms with Crippen molar-refractivity contribution in [1.82, 2.24) is 5.32 Å². The van der Waals surface area contributed by atoms with E-state index < -0.39 is 0 Å². The lowest BCUT2D eigenvalue weighted by molar-refractivity contribution is 0.535. The van der Waals surface area contributed by atoms with Gasteiger partial charge in [0.15, 0.2) is 0 Å². The van der Waals surface area contributed by atoms with Gasteiger partial charge in [-0.3, -0.25) is 0 Å². The van der Waals surface area contributed by atoms with Crippen molar-refractivity contribution in [1.29, 1.82) is 0 Å². The second kappa shape index (κ2) is 6.30. The molecular weight excluding hydrogens is 242 g/mol. The van der Waals surface area contributed by atoms with Crippen molar-refractivity contribution in [2.24, 2.45) is 0 Å². The summed E-state index contributed by atoms with van der Waals surface area (Å²) >= 11 is 1.87. The maximum absolute atomic E-state index is 5.90. The van der Waals surface area contributed by atoms with Crippen LogP contribution in [0.15, 0.2) is 28.7 Å². The Kier molecular flexibility index (Phi) is 4.72. The molecule has 0 aliphatic heterocycles. The Morgan fingerprint density at radius 2 is 2.11 bits per heavy atom. The van der Waals surface area contributed by atoms with E-state index in [1.165, 1.54) is 10.9 Å². The van der Waals surface area contributed by atoms with E-state index in [4.69, 9.17) is 4.42 Å². The summed E-state index contributed by atoms with van der Waals surface area (Å²) in [6, 6.07) is 8.82. The van der Waals surface area contributed by atoms with Crippen molar-refractivity contribution >= 4 is 22.7 Å². The van der Waals surface area contributed by atoms with Crippen molar-refractivity contribution in [2.75, 3.05) is 12.0 Å². The Labute approximate surface area is 113 Å². The number of aryl methyl sites for hydroxylation is 1. The number of rotatable bonds is 6. The molecule has 1 unspecified atom stereocenters. The summed E-state index contributed by atoms with van der Waals surface area (Å²) in [6.45, 7) is 5.26. The van der Waals surface area contributed by atoms with Crippen LogP contribution in [0.1, 0.15) is 25.2 Å². The lowest BCUT2D eigenvalue weighted by Crippen LogP contribution is -2.27. The normalized spacial score (nSPS) is 13.1. The summed E-state index contributed by atoms with van der Waals surface area (Å²) in [7, 11) is 0. The second-order valence-electron chi connectivity index (χ2n) is 4.59. The molecule has 18 heavy (non-hydrogen) atoms. The van der Waals surface area contributed by atoms with Crippen molar-refractivity contribution in [3.63, 3.8) is 0 Å². The summed E-state index contributed by atoms with van der Waals surface area (Å²) < 4.78 is 5.90. The molecule has 0 amide bonds. The van der Waals surface area contributed by atoms with Gasteiger partial charge in [0.25, 0.3) is 0 Å². The summed E-state index contributed by atoms with van der Waals surface area (Å²) in [5, 5.41) is 4.82. The van der Waals surface area contributed by atoms with E-state index in [0.717, 1.165) is 30.1 Å². The molecule has 98 valence electrons. The summed E-state index contributed by atoms with van der Waals surface area (Å²) in [6.07, 6.45) is 3.09. The highest BCUT2D eigenvalue weighted by Gasteiger charge is 2.12. The van der Waals surface area contributed by atoms with Gasteiger partial charge < -0.3 is 9.73 Å². The zero-order valence-corrected chi connectivity index (χ0v) is 12.1. The number of nitrogens with one attached hydrogen (secondary N) is 1. The Morgan fingerprint density at radius 3 is 2.83 bits per heavy atom. The van der Waals surface area contributed by atoms with Crippen molar-refractivity contribution in [2.45, 2.75) is 32.9 Å². The molecule has 0 spiro atoms. The van der Waals surface area contributed by atoms with E-state index in [1.54, 1.807) is 0 Å². The molecule has 2 aromatic rings. The van der Waals surface area contributed by atoms with Gasteiger partial charge in [-0.05, 0) is 19.2 Å². The molecule has 1 atom stereocenters. The van der Waals surface area contributed by atoms with Crippen LogP contribution in [-0.4, -0.2) is 18.1 Å². The number of hydrogen-bond acceptors (Lipinski definition) is 3. The standard InChI is InChI=1S/C15H21NOS/c1-4-14-13(9-16-11(2)10-18-3)12-7-5-6-8-15(12)17-14/h5-8,11,16H,4,9-10H2,1-3H3. The van der Waals surface area contributed by atoms with Crippen LogP contribution in [0, 0.1) is 0 Å². The maximum Gasteiger partial charge on any atom is 0.134 e. The van der Waals surface area contributed by atoms with E-state index in [9.17, 15) is 0 Å². The van der Waals surface area contributed by atoms with Gasteiger partial charge >= 0.3 is 0 Å².